The van der Waals surface area contributed by atoms with Gasteiger partial charge >= 0.3 is 0 Å². The van der Waals surface area contributed by atoms with Gasteiger partial charge in [-0.3, -0.25) is 0 Å². The zero-order valence-corrected chi connectivity index (χ0v) is 23.9. The summed E-state index contributed by atoms with van der Waals surface area (Å²) in [6.45, 7) is 6.90. The third kappa shape index (κ3) is 17.7. The second-order valence-electron chi connectivity index (χ2n) is 10.5. The quantitative estimate of drug-likeness (QED) is 0.123. The van der Waals surface area contributed by atoms with Crippen molar-refractivity contribution in [1.29, 1.82) is 0 Å². The fourth-order valence-corrected chi connectivity index (χ4v) is 5.25. The Labute approximate surface area is 219 Å². The first-order valence-corrected chi connectivity index (χ1v) is 15.7. The standard InChI is InChI=1S/C32H58ClN/c1-3-5-7-9-11-13-15-17-19-21-25-29-34(32-28-24-23-27-31(32)33)30-26-22-20-18-16-14-12-10-8-6-4-2/h23-24,27-28H,3-22,25-26,29-30H2,1-2H3. The zero-order valence-electron chi connectivity index (χ0n) is 23.1. The molecule has 1 nitrogen and oxygen atoms in total. The van der Waals surface area contributed by atoms with Crippen molar-refractivity contribution in [3.8, 4) is 0 Å². The summed E-state index contributed by atoms with van der Waals surface area (Å²) in [7, 11) is 0. The van der Waals surface area contributed by atoms with E-state index in [1.807, 2.05) is 6.07 Å². The monoisotopic (exact) mass is 491 g/mol. The summed E-state index contributed by atoms with van der Waals surface area (Å²) in [5.74, 6) is 0. The van der Waals surface area contributed by atoms with Gasteiger partial charge in [0.25, 0.3) is 0 Å². The van der Waals surface area contributed by atoms with Crippen LogP contribution in [0.4, 0.5) is 5.69 Å². The molecule has 0 spiro atoms. The lowest BCUT2D eigenvalue weighted by molar-refractivity contribution is 0.538. The maximum absolute atomic E-state index is 6.56. The highest BCUT2D eigenvalue weighted by Crippen LogP contribution is 2.26. The summed E-state index contributed by atoms with van der Waals surface area (Å²) in [4.78, 5) is 2.56. The van der Waals surface area contributed by atoms with E-state index in [2.05, 4.69) is 36.9 Å². The Morgan fingerprint density at radius 3 is 1.15 bits per heavy atom. The minimum absolute atomic E-state index is 0.911. The predicted molar refractivity (Wildman–Crippen MR) is 157 cm³/mol. The van der Waals surface area contributed by atoms with Crippen LogP contribution in [0, 0.1) is 0 Å². The van der Waals surface area contributed by atoms with Crippen molar-refractivity contribution in [2.24, 2.45) is 0 Å². The molecule has 1 aromatic carbocycles. The van der Waals surface area contributed by atoms with Crippen LogP contribution in [0.25, 0.3) is 0 Å². The first kappa shape index (κ1) is 31.3. The minimum atomic E-state index is 0.911. The van der Waals surface area contributed by atoms with Crippen molar-refractivity contribution in [3.63, 3.8) is 0 Å². The van der Waals surface area contributed by atoms with Crippen LogP contribution in [0.1, 0.15) is 155 Å². The molecule has 34 heavy (non-hydrogen) atoms. The minimum Gasteiger partial charge on any atom is -0.370 e. The fourth-order valence-electron chi connectivity index (χ4n) is 4.99. The molecule has 0 bridgehead atoms. The predicted octanol–water partition coefficient (Wildman–Crippen LogP) is 11.8. The SMILES string of the molecule is CCCCCCCCCCCCCN(CCCCCCCCCCCCC)c1ccccc1Cl. The molecule has 0 unspecified atom stereocenters. The topological polar surface area (TPSA) is 3.24 Å². The van der Waals surface area contributed by atoms with Crippen molar-refractivity contribution in [2.45, 2.75) is 155 Å². The molecule has 0 aromatic heterocycles. The summed E-state index contributed by atoms with van der Waals surface area (Å²) < 4.78 is 0. The number of hydrogen-bond acceptors (Lipinski definition) is 1. The zero-order chi connectivity index (χ0) is 24.5. The number of para-hydroxylation sites is 1. The highest BCUT2D eigenvalue weighted by Gasteiger charge is 2.09. The van der Waals surface area contributed by atoms with E-state index in [1.54, 1.807) is 0 Å². The Balaban J connectivity index is 2.15. The lowest BCUT2D eigenvalue weighted by Gasteiger charge is -2.26. The molecule has 0 aliphatic carbocycles. The number of benzene rings is 1. The second kappa shape index (κ2) is 24.0. The second-order valence-corrected chi connectivity index (χ2v) is 10.9. The van der Waals surface area contributed by atoms with Crippen LogP contribution in [0.15, 0.2) is 24.3 Å². The van der Waals surface area contributed by atoms with Crippen molar-refractivity contribution in [3.05, 3.63) is 29.3 Å². The molecule has 0 aliphatic heterocycles. The van der Waals surface area contributed by atoms with Gasteiger partial charge in [-0.05, 0) is 25.0 Å². The third-order valence-electron chi connectivity index (χ3n) is 7.26. The van der Waals surface area contributed by atoms with Crippen LogP contribution in [0.3, 0.4) is 0 Å². The molecular formula is C32H58ClN. The molecule has 0 N–H and O–H groups in total. The Morgan fingerprint density at radius 1 is 0.471 bits per heavy atom. The molecule has 2 heteroatoms. The Morgan fingerprint density at radius 2 is 0.794 bits per heavy atom. The van der Waals surface area contributed by atoms with Crippen LogP contribution in [0.5, 0.6) is 0 Å². The molecule has 0 aliphatic rings. The summed E-state index contributed by atoms with van der Waals surface area (Å²) in [6.07, 6.45) is 30.8. The van der Waals surface area contributed by atoms with Crippen molar-refractivity contribution in [2.75, 3.05) is 18.0 Å². The average molecular weight is 492 g/mol. The van der Waals surface area contributed by atoms with Gasteiger partial charge in [-0.1, -0.05) is 166 Å². The number of hydrogen-bond donors (Lipinski definition) is 0. The molecule has 0 fully saturated rings. The molecule has 1 aromatic rings. The largest absolute Gasteiger partial charge is 0.370 e. The van der Waals surface area contributed by atoms with Gasteiger partial charge in [0, 0.05) is 13.1 Å². The molecule has 0 radical (unpaired) electrons. The number of anilines is 1. The highest BCUT2D eigenvalue weighted by atomic mass is 35.5. The molecule has 0 atom stereocenters. The molecule has 0 amide bonds. The van der Waals surface area contributed by atoms with E-state index in [0.717, 1.165) is 18.1 Å². The molecule has 0 saturated carbocycles. The molecule has 0 saturated heterocycles. The maximum Gasteiger partial charge on any atom is 0.0639 e. The number of halogens is 1. The Kier molecular flexibility index (Phi) is 22.1. The van der Waals surface area contributed by atoms with Gasteiger partial charge in [-0.15, -0.1) is 0 Å². The van der Waals surface area contributed by atoms with E-state index in [0.29, 0.717) is 0 Å². The van der Waals surface area contributed by atoms with Gasteiger partial charge in [-0.25, -0.2) is 0 Å². The summed E-state index contributed by atoms with van der Waals surface area (Å²) in [5.41, 5.74) is 1.24. The van der Waals surface area contributed by atoms with E-state index < -0.39 is 0 Å². The van der Waals surface area contributed by atoms with Crippen molar-refractivity contribution < 1.29 is 0 Å². The number of unbranched alkanes of at least 4 members (excludes halogenated alkanes) is 20. The van der Waals surface area contributed by atoms with E-state index in [9.17, 15) is 0 Å². The average Bonchev–Trinajstić information content (AvgIpc) is 2.85. The van der Waals surface area contributed by atoms with Crippen LogP contribution >= 0.6 is 11.6 Å². The molecule has 1 rings (SSSR count). The van der Waals surface area contributed by atoms with E-state index >= 15 is 0 Å². The van der Waals surface area contributed by atoms with Crippen LogP contribution in [-0.2, 0) is 0 Å². The third-order valence-corrected chi connectivity index (χ3v) is 7.58. The normalized spacial score (nSPS) is 11.3. The van der Waals surface area contributed by atoms with Crippen molar-refractivity contribution >= 4 is 17.3 Å². The van der Waals surface area contributed by atoms with Gasteiger partial charge in [0.05, 0.1) is 10.7 Å². The summed E-state index contributed by atoms with van der Waals surface area (Å²) >= 11 is 6.56. The van der Waals surface area contributed by atoms with Crippen molar-refractivity contribution in [1.82, 2.24) is 0 Å². The van der Waals surface area contributed by atoms with E-state index in [-0.39, 0.29) is 0 Å². The first-order valence-electron chi connectivity index (χ1n) is 15.3. The smallest absolute Gasteiger partial charge is 0.0639 e. The van der Waals surface area contributed by atoms with Crippen LogP contribution < -0.4 is 4.90 Å². The summed E-state index contributed by atoms with van der Waals surface area (Å²) in [5, 5.41) is 0.911. The van der Waals surface area contributed by atoms with Gasteiger partial charge < -0.3 is 4.90 Å². The summed E-state index contributed by atoms with van der Waals surface area (Å²) in [6, 6.07) is 8.44. The van der Waals surface area contributed by atoms with Crippen LogP contribution in [0.2, 0.25) is 5.02 Å². The Hall–Kier alpha value is -0.690. The van der Waals surface area contributed by atoms with Gasteiger partial charge in [0.2, 0.25) is 0 Å². The maximum atomic E-state index is 6.56. The van der Waals surface area contributed by atoms with Gasteiger partial charge in [0.1, 0.15) is 0 Å². The van der Waals surface area contributed by atoms with E-state index in [4.69, 9.17) is 11.6 Å². The van der Waals surface area contributed by atoms with Gasteiger partial charge in [-0.2, -0.15) is 0 Å². The lowest BCUT2D eigenvalue weighted by Crippen LogP contribution is -2.26. The Bertz CT molecular complexity index is 518. The molecule has 0 heterocycles. The number of rotatable bonds is 25. The lowest BCUT2D eigenvalue weighted by atomic mass is 10.1. The fraction of sp³-hybridized carbons (Fsp3) is 0.812. The van der Waals surface area contributed by atoms with Crippen LogP contribution in [-0.4, -0.2) is 13.1 Å². The molecular weight excluding hydrogens is 434 g/mol. The first-order chi connectivity index (χ1) is 16.8. The van der Waals surface area contributed by atoms with Gasteiger partial charge in [0.15, 0.2) is 0 Å². The van der Waals surface area contributed by atoms with E-state index in [1.165, 1.54) is 147 Å². The highest BCUT2D eigenvalue weighted by molar-refractivity contribution is 6.33. The number of nitrogens with zero attached hydrogens (tertiary/aromatic N) is 1. The molecule has 198 valence electrons.